The summed E-state index contributed by atoms with van der Waals surface area (Å²) in [4.78, 5) is 0. The van der Waals surface area contributed by atoms with Crippen molar-refractivity contribution >= 4 is 37.2 Å². The predicted octanol–water partition coefficient (Wildman–Crippen LogP) is 3.66. The van der Waals surface area contributed by atoms with Crippen molar-refractivity contribution in [2.75, 3.05) is 0 Å². The Morgan fingerprint density at radius 3 is 2.12 bits per heavy atom. The molecule has 17 heavy (non-hydrogen) atoms. The summed E-state index contributed by atoms with van der Waals surface area (Å²) < 4.78 is 5.79. The summed E-state index contributed by atoms with van der Waals surface area (Å²) in [6.07, 6.45) is 0.101. The molecule has 1 heterocycles. The lowest BCUT2D eigenvalue weighted by atomic mass is 9.95. The van der Waals surface area contributed by atoms with Crippen LogP contribution in [0.3, 0.4) is 0 Å². The standard InChI is InChI=1S/C12H17NO.3ClH/c1-6-5-7(2)10-11(13)9(4)14-12(10)8(6)3;;;/h5,9,11H,13H2,1-4H3;3*1H. The molecule has 0 amide bonds. The first-order chi connectivity index (χ1) is 6.52. The van der Waals surface area contributed by atoms with E-state index in [2.05, 4.69) is 26.8 Å². The number of aryl methyl sites for hydroxylation is 2. The molecule has 5 heteroatoms. The van der Waals surface area contributed by atoms with Gasteiger partial charge in [0.05, 0.1) is 6.04 Å². The fraction of sp³-hybridized carbons (Fsp3) is 0.500. The third kappa shape index (κ3) is 3.00. The molecule has 2 atom stereocenters. The Morgan fingerprint density at radius 1 is 1.06 bits per heavy atom. The van der Waals surface area contributed by atoms with E-state index in [1.54, 1.807) is 0 Å². The van der Waals surface area contributed by atoms with Gasteiger partial charge in [0, 0.05) is 5.56 Å². The van der Waals surface area contributed by atoms with E-state index in [-0.39, 0.29) is 49.4 Å². The van der Waals surface area contributed by atoms with Crippen LogP contribution in [0, 0.1) is 20.8 Å². The van der Waals surface area contributed by atoms with Gasteiger partial charge in [-0.1, -0.05) is 6.07 Å². The largest absolute Gasteiger partial charge is 0.488 e. The van der Waals surface area contributed by atoms with Crippen LogP contribution in [0.15, 0.2) is 6.07 Å². The third-order valence-electron chi connectivity index (χ3n) is 3.18. The first-order valence-electron chi connectivity index (χ1n) is 5.05. The van der Waals surface area contributed by atoms with Gasteiger partial charge in [-0.3, -0.25) is 0 Å². The van der Waals surface area contributed by atoms with Crippen molar-refractivity contribution in [2.45, 2.75) is 39.8 Å². The van der Waals surface area contributed by atoms with E-state index in [4.69, 9.17) is 10.5 Å². The van der Waals surface area contributed by atoms with E-state index in [9.17, 15) is 0 Å². The lowest BCUT2D eigenvalue weighted by molar-refractivity contribution is 0.227. The summed E-state index contributed by atoms with van der Waals surface area (Å²) in [5.41, 5.74) is 11.0. The molecule has 2 N–H and O–H groups in total. The van der Waals surface area contributed by atoms with Gasteiger partial charge < -0.3 is 10.5 Å². The number of hydrogen-bond acceptors (Lipinski definition) is 2. The van der Waals surface area contributed by atoms with Crippen LogP contribution < -0.4 is 10.5 Å². The predicted molar refractivity (Wildman–Crippen MR) is 79.4 cm³/mol. The molecule has 2 unspecified atom stereocenters. The number of rotatable bonds is 0. The van der Waals surface area contributed by atoms with Gasteiger partial charge in [-0.2, -0.15) is 0 Å². The minimum absolute atomic E-state index is 0. The molecule has 0 saturated heterocycles. The van der Waals surface area contributed by atoms with Gasteiger partial charge in [0.2, 0.25) is 0 Å². The van der Waals surface area contributed by atoms with Crippen molar-refractivity contribution < 1.29 is 4.74 Å². The summed E-state index contributed by atoms with van der Waals surface area (Å²) in [6.45, 7) is 8.34. The molecule has 1 aliphatic rings. The quantitative estimate of drug-likeness (QED) is 0.793. The van der Waals surface area contributed by atoms with Crippen LogP contribution in [0.1, 0.15) is 35.2 Å². The molecule has 0 bridgehead atoms. The van der Waals surface area contributed by atoms with Gasteiger partial charge in [-0.15, -0.1) is 37.2 Å². The Bertz CT molecular complexity index is 396. The summed E-state index contributed by atoms with van der Waals surface area (Å²) in [7, 11) is 0. The lowest BCUT2D eigenvalue weighted by Crippen LogP contribution is -2.21. The average Bonchev–Trinajstić information content (AvgIpc) is 2.40. The Hall–Kier alpha value is -0.150. The number of hydrogen-bond donors (Lipinski definition) is 1. The van der Waals surface area contributed by atoms with Crippen LogP contribution in [-0.4, -0.2) is 6.10 Å². The van der Waals surface area contributed by atoms with Crippen LogP contribution in [0.2, 0.25) is 0 Å². The van der Waals surface area contributed by atoms with Crippen molar-refractivity contribution in [3.63, 3.8) is 0 Å². The summed E-state index contributed by atoms with van der Waals surface area (Å²) in [6, 6.07) is 2.22. The van der Waals surface area contributed by atoms with Gasteiger partial charge in [0.1, 0.15) is 11.9 Å². The van der Waals surface area contributed by atoms with E-state index >= 15 is 0 Å². The van der Waals surface area contributed by atoms with E-state index in [1.807, 2.05) is 6.92 Å². The molecule has 0 aliphatic carbocycles. The molecule has 2 nitrogen and oxygen atoms in total. The van der Waals surface area contributed by atoms with Crippen molar-refractivity contribution in [3.8, 4) is 5.75 Å². The highest BCUT2D eigenvalue weighted by Crippen LogP contribution is 2.41. The van der Waals surface area contributed by atoms with Crippen LogP contribution in [0.25, 0.3) is 0 Å². The summed E-state index contributed by atoms with van der Waals surface area (Å²) in [5, 5.41) is 0. The normalized spacial score (nSPS) is 20.3. The smallest absolute Gasteiger partial charge is 0.128 e. The van der Waals surface area contributed by atoms with Gasteiger partial charge in [-0.25, -0.2) is 0 Å². The first-order valence-corrected chi connectivity index (χ1v) is 5.05. The summed E-state index contributed by atoms with van der Waals surface area (Å²) >= 11 is 0. The fourth-order valence-electron chi connectivity index (χ4n) is 2.13. The molecular formula is C12H20Cl3NO. The molecule has 1 aromatic rings. The van der Waals surface area contributed by atoms with Crippen molar-refractivity contribution in [3.05, 3.63) is 28.3 Å². The molecule has 0 radical (unpaired) electrons. The van der Waals surface area contributed by atoms with E-state index in [1.165, 1.54) is 22.3 Å². The molecule has 0 fully saturated rings. The zero-order chi connectivity index (χ0) is 10.5. The van der Waals surface area contributed by atoms with Crippen LogP contribution in [-0.2, 0) is 0 Å². The van der Waals surface area contributed by atoms with E-state index in [0.29, 0.717) is 0 Å². The SMILES string of the molecule is Cc1cc(C)c2c(c1C)OC(C)C2N.Cl.Cl.Cl. The van der Waals surface area contributed by atoms with Crippen molar-refractivity contribution in [1.29, 1.82) is 0 Å². The summed E-state index contributed by atoms with van der Waals surface area (Å²) in [5.74, 6) is 1.02. The first kappa shape index (κ1) is 19.2. The highest BCUT2D eigenvalue weighted by Gasteiger charge is 2.31. The maximum absolute atomic E-state index is 6.08. The van der Waals surface area contributed by atoms with Crippen LogP contribution >= 0.6 is 37.2 Å². The highest BCUT2D eigenvalue weighted by molar-refractivity contribution is 5.86. The minimum Gasteiger partial charge on any atom is -0.488 e. The van der Waals surface area contributed by atoms with Gasteiger partial charge in [0.25, 0.3) is 0 Å². The topological polar surface area (TPSA) is 35.2 Å². The zero-order valence-electron chi connectivity index (χ0n) is 10.4. The van der Waals surface area contributed by atoms with Gasteiger partial charge in [0.15, 0.2) is 0 Å². The second kappa shape index (κ2) is 6.69. The second-order valence-electron chi connectivity index (χ2n) is 4.23. The van der Waals surface area contributed by atoms with Crippen LogP contribution in [0.5, 0.6) is 5.75 Å². The minimum atomic E-state index is 0. The Balaban J connectivity index is 0. The average molecular weight is 301 g/mol. The number of nitrogens with two attached hydrogens (primary N) is 1. The maximum atomic E-state index is 6.08. The molecule has 1 aliphatic heterocycles. The van der Waals surface area contributed by atoms with E-state index in [0.717, 1.165) is 5.75 Å². The highest BCUT2D eigenvalue weighted by atomic mass is 35.5. The number of fused-ring (bicyclic) bond motifs is 1. The molecule has 1 aromatic carbocycles. The Morgan fingerprint density at radius 2 is 1.59 bits per heavy atom. The van der Waals surface area contributed by atoms with Crippen molar-refractivity contribution in [2.24, 2.45) is 5.73 Å². The molecule has 0 spiro atoms. The lowest BCUT2D eigenvalue weighted by Gasteiger charge is -2.10. The number of halogens is 3. The molecule has 2 rings (SSSR count). The molecular weight excluding hydrogens is 280 g/mol. The molecule has 0 saturated carbocycles. The van der Waals surface area contributed by atoms with Crippen molar-refractivity contribution in [1.82, 2.24) is 0 Å². The number of ether oxygens (including phenoxy) is 1. The number of benzene rings is 1. The maximum Gasteiger partial charge on any atom is 0.128 e. The molecule has 0 aromatic heterocycles. The Kier molecular flexibility index (Phi) is 7.56. The molecule has 100 valence electrons. The van der Waals surface area contributed by atoms with E-state index < -0.39 is 0 Å². The Labute approximate surface area is 122 Å². The van der Waals surface area contributed by atoms with Gasteiger partial charge >= 0.3 is 0 Å². The third-order valence-corrected chi connectivity index (χ3v) is 3.18. The fourth-order valence-corrected chi connectivity index (χ4v) is 2.13. The van der Waals surface area contributed by atoms with Gasteiger partial charge in [-0.05, 0) is 44.4 Å². The monoisotopic (exact) mass is 299 g/mol. The zero-order valence-corrected chi connectivity index (χ0v) is 12.9. The second-order valence-corrected chi connectivity index (χ2v) is 4.23. The van der Waals surface area contributed by atoms with Crippen LogP contribution in [0.4, 0.5) is 0 Å².